The van der Waals surface area contributed by atoms with Crippen LogP contribution >= 0.6 is 0 Å². The molecular weight excluding hydrogens is 839 g/mol. The second-order valence-electron chi connectivity index (χ2n) is 19.2. The average Bonchev–Trinajstić information content (AvgIpc) is 3.33. The van der Waals surface area contributed by atoms with E-state index in [0.717, 1.165) is 96.3 Å². The molecule has 0 radical (unpaired) electrons. The topological polar surface area (TPSA) is 95.9 Å². The van der Waals surface area contributed by atoms with Gasteiger partial charge in [-0.05, 0) is 70.6 Å². The molecule has 68 heavy (non-hydrogen) atoms. The minimum absolute atomic E-state index is 0.0393. The van der Waals surface area contributed by atoms with E-state index in [9.17, 15) is 19.8 Å². The fraction of sp³-hybridized carbons (Fsp3) is 0.710. The summed E-state index contributed by atoms with van der Waals surface area (Å²) in [6, 6.07) is -0.725. The Morgan fingerprint density at radius 1 is 0.426 bits per heavy atom. The zero-order valence-electron chi connectivity index (χ0n) is 44.5. The van der Waals surface area contributed by atoms with Gasteiger partial charge in [-0.2, -0.15) is 0 Å². The minimum atomic E-state index is -0.808. The third-order valence-electron chi connectivity index (χ3n) is 12.6. The predicted octanol–water partition coefficient (Wildman–Crippen LogP) is 17.7. The van der Waals surface area contributed by atoms with E-state index in [4.69, 9.17) is 4.74 Å². The number of rotatable bonds is 50. The molecule has 0 rings (SSSR count). The molecule has 0 aliphatic rings. The maximum atomic E-state index is 13.3. The van der Waals surface area contributed by atoms with Crippen molar-refractivity contribution in [2.45, 2.75) is 277 Å². The number of carbonyl (C=O) groups excluding carboxylic acids is 2. The quantitative estimate of drug-likeness (QED) is 0.0321. The number of ether oxygens (including phenoxy) is 1. The van der Waals surface area contributed by atoms with Gasteiger partial charge in [-0.15, -0.1) is 0 Å². The number of hydrogen-bond acceptors (Lipinski definition) is 5. The maximum Gasteiger partial charge on any atom is 0.306 e. The number of hydrogen-bond donors (Lipinski definition) is 3. The van der Waals surface area contributed by atoms with Crippen LogP contribution in [0.4, 0.5) is 0 Å². The van der Waals surface area contributed by atoms with Crippen molar-refractivity contribution < 1.29 is 24.5 Å². The van der Waals surface area contributed by atoms with Crippen LogP contribution in [0.5, 0.6) is 0 Å². The normalized spacial score (nSPS) is 13.9. The fourth-order valence-corrected chi connectivity index (χ4v) is 8.23. The Bertz CT molecular complexity index is 1340. The molecule has 0 saturated heterocycles. The molecule has 6 heteroatoms. The van der Waals surface area contributed by atoms with Crippen LogP contribution in [-0.2, 0) is 14.3 Å². The summed E-state index contributed by atoms with van der Waals surface area (Å²) >= 11 is 0. The maximum absolute atomic E-state index is 13.3. The lowest BCUT2D eigenvalue weighted by atomic mass is 10.0. The van der Waals surface area contributed by atoms with Gasteiger partial charge < -0.3 is 20.3 Å². The van der Waals surface area contributed by atoms with E-state index >= 15 is 0 Å². The van der Waals surface area contributed by atoms with Crippen molar-refractivity contribution in [3.63, 3.8) is 0 Å². The Kier molecular flexibility index (Phi) is 52.1. The van der Waals surface area contributed by atoms with Crippen molar-refractivity contribution in [2.24, 2.45) is 0 Å². The summed E-state index contributed by atoms with van der Waals surface area (Å²) < 4.78 is 5.93. The number of esters is 1. The van der Waals surface area contributed by atoms with Crippen molar-refractivity contribution in [2.75, 3.05) is 6.61 Å². The van der Waals surface area contributed by atoms with Gasteiger partial charge in [-0.25, -0.2) is 0 Å². The molecule has 0 aliphatic carbocycles. The molecule has 0 saturated carbocycles. The monoisotopic (exact) mass is 946 g/mol. The highest BCUT2D eigenvalue weighted by molar-refractivity contribution is 5.77. The van der Waals surface area contributed by atoms with Gasteiger partial charge in [0.25, 0.3) is 0 Å². The lowest BCUT2D eigenvalue weighted by molar-refractivity contribution is -0.151. The average molecular weight is 947 g/mol. The molecule has 0 aliphatic heterocycles. The molecule has 0 aromatic rings. The number of amides is 1. The Hall–Kier alpha value is -3.22. The Morgan fingerprint density at radius 3 is 1.21 bits per heavy atom. The lowest BCUT2D eigenvalue weighted by Gasteiger charge is -2.24. The molecule has 6 nitrogen and oxygen atoms in total. The standard InChI is InChI=1S/C62H107NO5/c1-4-7-10-13-16-19-22-25-28-30-31-34-37-40-43-46-49-52-55-62(67)68-58(53-50-47-44-41-38-35-33-29-26-23-20-17-14-11-8-5-2)56-61(66)63-59(57-64)60(65)54-51-48-45-42-39-36-32-27-24-21-18-15-12-9-6-3/h10,13,16,19,22-23,25-26,28-31,33-35,38,58-60,64-65H,4-9,11-12,14-15,17-18,20-21,24,27,32,36-37,39-57H2,1-3H3,(H,63,66)/b13-10+,19-16+,25-22+,26-23+,30-28+,33-29+,34-31+,38-35+. The zero-order valence-corrected chi connectivity index (χ0v) is 44.5. The van der Waals surface area contributed by atoms with Crippen molar-refractivity contribution in [3.05, 3.63) is 97.2 Å². The number of aliphatic hydroxyl groups is 2. The second kappa shape index (κ2) is 54.7. The third-order valence-corrected chi connectivity index (χ3v) is 12.6. The molecule has 0 spiro atoms. The summed E-state index contributed by atoms with van der Waals surface area (Å²) in [6.07, 6.45) is 73.1. The van der Waals surface area contributed by atoms with Crippen molar-refractivity contribution in [1.29, 1.82) is 0 Å². The molecule has 390 valence electrons. The predicted molar refractivity (Wildman–Crippen MR) is 296 cm³/mol. The van der Waals surface area contributed by atoms with E-state index in [0.29, 0.717) is 19.3 Å². The van der Waals surface area contributed by atoms with Crippen molar-refractivity contribution in [3.8, 4) is 0 Å². The fourth-order valence-electron chi connectivity index (χ4n) is 8.23. The van der Waals surface area contributed by atoms with E-state index < -0.39 is 18.2 Å². The van der Waals surface area contributed by atoms with E-state index in [-0.39, 0.29) is 24.9 Å². The summed E-state index contributed by atoms with van der Waals surface area (Å²) in [5.74, 6) is -0.538. The summed E-state index contributed by atoms with van der Waals surface area (Å²) in [5, 5.41) is 23.9. The lowest BCUT2D eigenvalue weighted by Crippen LogP contribution is -2.46. The Balaban J connectivity index is 4.70. The first-order chi connectivity index (χ1) is 33.5. The summed E-state index contributed by atoms with van der Waals surface area (Å²) in [5.41, 5.74) is 0. The molecule has 3 atom stereocenters. The largest absolute Gasteiger partial charge is 0.462 e. The molecule has 0 aromatic carbocycles. The second-order valence-corrected chi connectivity index (χ2v) is 19.2. The number of allylic oxidation sites excluding steroid dienone is 16. The number of carbonyl (C=O) groups is 2. The van der Waals surface area contributed by atoms with Gasteiger partial charge in [0, 0.05) is 6.42 Å². The highest BCUT2D eigenvalue weighted by Gasteiger charge is 2.24. The molecule has 0 heterocycles. The van der Waals surface area contributed by atoms with Gasteiger partial charge in [-0.3, -0.25) is 9.59 Å². The summed E-state index contributed by atoms with van der Waals surface area (Å²) in [6.45, 7) is 6.38. The summed E-state index contributed by atoms with van der Waals surface area (Å²) in [7, 11) is 0. The first kappa shape index (κ1) is 64.8. The van der Waals surface area contributed by atoms with Gasteiger partial charge in [-0.1, -0.05) is 272 Å². The SMILES string of the molecule is CCC/C=C/C=C/C=C/C=C/C=C/CCCCCCCC(=O)OC(CCCCC/C=C/C=C/C=C/CCCCCCC)CC(=O)NC(CO)C(O)CCCCCCCCCCCCCCCCC. The van der Waals surface area contributed by atoms with E-state index in [2.05, 4.69) is 99.0 Å². The van der Waals surface area contributed by atoms with Gasteiger partial charge >= 0.3 is 5.97 Å². The molecule has 0 bridgehead atoms. The van der Waals surface area contributed by atoms with Crippen LogP contribution in [0.1, 0.15) is 258 Å². The minimum Gasteiger partial charge on any atom is -0.462 e. The van der Waals surface area contributed by atoms with Crippen LogP contribution in [0, 0.1) is 0 Å². The zero-order chi connectivity index (χ0) is 49.5. The molecule has 3 N–H and O–H groups in total. The van der Waals surface area contributed by atoms with Gasteiger partial charge in [0.05, 0.1) is 25.2 Å². The third kappa shape index (κ3) is 49.2. The molecule has 3 unspecified atom stereocenters. The molecular formula is C62H107NO5. The molecule has 0 aromatic heterocycles. The van der Waals surface area contributed by atoms with Gasteiger partial charge in [0.2, 0.25) is 5.91 Å². The highest BCUT2D eigenvalue weighted by atomic mass is 16.5. The van der Waals surface area contributed by atoms with E-state index in [1.807, 2.05) is 24.3 Å². The van der Waals surface area contributed by atoms with E-state index in [1.54, 1.807) is 0 Å². The van der Waals surface area contributed by atoms with Gasteiger partial charge in [0.1, 0.15) is 6.10 Å². The van der Waals surface area contributed by atoms with Crippen molar-refractivity contribution >= 4 is 11.9 Å². The Labute approximate surface area is 420 Å². The first-order valence-corrected chi connectivity index (χ1v) is 28.6. The first-order valence-electron chi connectivity index (χ1n) is 28.6. The number of nitrogens with one attached hydrogen (secondary N) is 1. The smallest absolute Gasteiger partial charge is 0.306 e. The van der Waals surface area contributed by atoms with Gasteiger partial charge in [0.15, 0.2) is 0 Å². The number of unbranched alkanes of at least 4 members (excludes halogenated alkanes) is 28. The van der Waals surface area contributed by atoms with Crippen LogP contribution in [0.3, 0.4) is 0 Å². The summed E-state index contributed by atoms with van der Waals surface area (Å²) in [4.78, 5) is 26.3. The van der Waals surface area contributed by atoms with Crippen LogP contribution in [-0.4, -0.2) is 46.9 Å². The van der Waals surface area contributed by atoms with Crippen molar-refractivity contribution in [1.82, 2.24) is 5.32 Å². The number of aliphatic hydroxyl groups excluding tert-OH is 2. The Morgan fingerprint density at radius 2 is 0.779 bits per heavy atom. The van der Waals surface area contributed by atoms with E-state index in [1.165, 1.54) is 116 Å². The van der Waals surface area contributed by atoms with Crippen LogP contribution in [0.15, 0.2) is 97.2 Å². The highest BCUT2D eigenvalue weighted by Crippen LogP contribution is 2.18. The van der Waals surface area contributed by atoms with Crippen LogP contribution in [0.2, 0.25) is 0 Å². The van der Waals surface area contributed by atoms with Crippen LogP contribution in [0.25, 0.3) is 0 Å². The molecule has 1 amide bonds. The van der Waals surface area contributed by atoms with Crippen LogP contribution < -0.4 is 5.32 Å². The molecule has 0 fully saturated rings.